The molecule has 2 aromatic rings. The van der Waals surface area contributed by atoms with Crippen molar-refractivity contribution in [1.29, 1.82) is 0 Å². The van der Waals surface area contributed by atoms with Crippen molar-refractivity contribution < 1.29 is 23.5 Å². The summed E-state index contributed by atoms with van der Waals surface area (Å²) in [6.07, 6.45) is 2.81. The zero-order valence-electron chi connectivity index (χ0n) is 9.93. The summed E-state index contributed by atoms with van der Waals surface area (Å²) >= 11 is 0. The first kappa shape index (κ1) is 13.6. The van der Waals surface area contributed by atoms with Gasteiger partial charge in [0.15, 0.2) is 11.6 Å². The van der Waals surface area contributed by atoms with E-state index in [1.807, 2.05) is 0 Å². The van der Waals surface area contributed by atoms with Crippen molar-refractivity contribution in [2.24, 2.45) is 0 Å². The second-order valence-corrected chi connectivity index (χ2v) is 3.81. The van der Waals surface area contributed by atoms with Crippen molar-refractivity contribution in [3.63, 3.8) is 0 Å². The number of anilines is 1. The number of pyridine rings is 1. The normalized spacial score (nSPS) is 10.1. The first-order valence-corrected chi connectivity index (χ1v) is 5.42. The molecule has 0 bridgehead atoms. The topological polar surface area (TPSA) is 79.3 Å². The Labute approximate surface area is 111 Å². The van der Waals surface area contributed by atoms with E-state index in [-0.39, 0.29) is 0 Å². The van der Waals surface area contributed by atoms with Crippen LogP contribution in [-0.4, -0.2) is 22.0 Å². The van der Waals surface area contributed by atoms with Crippen LogP contribution >= 0.6 is 0 Å². The van der Waals surface area contributed by atoms with E-state index in [1.54, 1.807) is 6.07 Å². The van der Waals surface area contributed by atoms with Crippen LogP contribution in [0.2, 0.25) is 0 Å². The molecule has 7 heteroatoms. The molecule has 2 N–H and O–H groups in total. The molecule has 0 saturated carbocycles. The molecule has 5 nitrogen and oxygen atoms in total. The molecule has 0 unspecified atom stereocenters. The summed E-state index contributed by atoms with van der Waals surface area (Å²) < 4.78 is 26.2. The van der Waals surface area contributed by atoms with E-state index in [9.17, 15) is 18.4 Å². The average Bonchev–Trinajstić information content (AvgIpc) is 2.42. The van der Waals surface area contributed by atoms with Crippen molar-refractivity contribution in [2.45, 2.75) is 0 Å². The van der Waals surface area contributed by atoms with E-state index >= 15 is 0 Å². The molecule has 1 heterocycles. The minimum absolute atomic E-state index is 0.304. The predicted octanol–water partition coefficient (Wildman–Crippen LogP) is 2.31. The molecule has 0 aliphatic carbocycles. The Kier molecular flexibility index (Phi) is 3.69. The largest absolute Gasteiger partial charge is 0.478 e. The van der Waals surface area contributed by atoms with Crippen LogP contribution in [0.3, 0.4) is 0 Å². The molecule has 0 saturated heterocycles. The number of carbonyl (C=O) groups is 2. The molecule has 102 valence electrons. The lowest BCUT2D eigenvalue weighted by Crippen LogP contribution is -2.17. The highest BCUT2D eigenvalue weighted by atomic mass is 19.2. The maximum absolute atomic E-state index is 13.2. The summed E-state index contributed by atoms with van der Waals surface area (Å²) in [6, 6.07) is 4.09. The Morgan fingerprint density at radius 3 is 2.35 bits per heavy atom. The van der Waals surface area contributed by atoms with Crippen LogP contribution in [-0.2, 0) is 0 Å². The Morgan fingerprint density at radius 2 is 1.80 bits per heavy atom. The third-order valence-corrected chi connectivity index (χ3v) is 2.45. The summed E-state index contributed by atoms with van der Waals surface area (Å²) in [4.78, 5) is 26.6. The van der Waals surface area contributed by atoms with Crippen LogP contribution in [0.25, 0.3) is 0 Å². The van der Waals surface area contributed by atoms with Crippen molar-refractivity contribution in [3.05, 3.63) is 59.4 Å². The van der Waals surface area contributed by atoms with Gasteiger partial charge in [-0.2, -0.15) is 0 Å². The Morgan fingerprint density at radius 1 is 1.15 bits per heavy atom. The summed E-state index contributed by atoms with van der Waals surface area (Å²) in [5.41, 5.74) is -0.788. The highest BCUT2D eigenvalue weighted by Gasteiger charge is 2.20. The molecule has 1 aromatic heterocycles. The fourth-order valence-electron chi connectivity index (χ4n) is 1.55. The Balaban J connectivity index is 2.39. The third-order valence-electron chi connectivity index (χ3n) is 2.45. The molecule has 1 amide bonds. The highest BCUT2D eigenvalue weighted by molar-refractivity contribution is 6.10. The van der Waals surface area contributed by atoms with E-state index in [0.29, 0.717) is 17.8 Å². The van der Waals surface area contributed by atoms with Crippen LogP contribution in [0.4, 0.5) is 14.5 Å². The number of benzene rings is 1. The van der Waals surface area contributed by atoms with Gasteiger partial charge in [0.1, 0.15) is 0 Å². The number of halogens is 2. The number of aromatic carboxylic acids is 1. The zero-order valence-corrected chi connectivity index (χ0v) is 9.93. The van der Waals surface area contributed by atoms with Crippen LogP contribution in [0, 0.1) is 11.6 Å². The summed E-state index contributed by atoms with van der Waals surface area (Å²) in [6.45, 7) is 0. The number of aromatic nitrogens is 1. The molecule has 0 aliphatic heterocycles. The van der Waals surface area contributed by atoms with Gasteiger partial charge in [-0.25, -0.2) is 13.6 Å². The van der Waals surface area contributed by atoms with Gasteiger partial charge < -0.3 is 10.4 Å². The fourth-order valence-corrected chi connectivity index (χ4v) is 1.55. The van der Waals surface area contributed by atoms with Crippen molar-refractivity contribution in [3.8, 4) is 0 Å². The lowest BCUT2D eigenvalue weighted by atomic mass is 10.1. The van der Waals surface area contributed by atoms with Crippen LogP contribution in [0.5, 0.6) is 0 Å². The quantitative estimate of drug-likeness (QED) is 0.903. The lowest BCUT2D eigenvalue weighted by Gasteiger charge is -2.08. The molecule has 0 spiro atoms. The lowest BCUT2D eigenvalue weighted by molar-refractivity contribution is 0.0691. The second-order valence-electron chi connectivity index (χ2n) is 3.81. The second kappa shape index (κ2) is 5.43. The highest BCUT2D eigenvalue weighted by Crippen LogP contribution is 2.17. The van der Waals surface area contributed by atoms with Gasteiger partial charge in [-0.1, -0.05) is 0 Å². The molecule has 2 rings (SSSR count). The SMILES string of the molecule is O=C(O)c1cc(F)c(F)cc1C(=O)Nc1cccnc1. The summed E-state index contributed by atoms with van der Waals surface area (Å²) in [5, 5.41) is 11.3. The standard InChI is InChI=1S/C13H8F2N2O3/c14-10-4-8(9(13(19)20)5-11(10)15)12(18)17-7-2-1-3-16-6-7/h1-6H,(H,17,18)(H,19,20). The van der Waals surface area contributed by atoms with Gasteiger partial charge in [0.2, 0.25) is 0 Å². The third kappa shape index (κ3) is 2.77. The molecule has 0 fully saturated rings. The molecule has 0 aliphatic rings. The molecule has 20 heavy (non-hydrogen) atoms. The van der Waals surface area contributed by atoms with Gasteiger partial charge in [0, 0.05) is 6.20 Å². The molecular weight excluding hydrogens is 270 g/mol. The minimum atomic E-state index is -1.53. The van der Waals surface area contributed by atoms with Gasteiger partial charge in [-0.3, -0.25) is 9.78 Å². The van der Waals surface area contributed by atoms with E-state index in [1.165, 1.54) is 18.5 Å². The average molecular weight is 278 g/mol. The maximum atomic E-state index is 13.2. The summed E-state index contributed by atoms with van der Waals surface area (Å²) in [5.74, 6) is -5.03. The molecule has 0 atom stereocenters. The molecular formula is C13H8F2N2O3. The number of rotatable bonds is 3. The van der Waals surface area contributed by atoms with Gasteiger partial charge in [0.25, 0.3) is 5.91 Å². The monoisotopic (exact) mass is 278 g/mol. The number of nitrogens with zero attached hydrogens (tertiary/aromatic N) is 1. The van der Waals surface area contributed by atoms with E-state index in [2.05, 4.69) is 10.3 Å². The fraction of sp³-hybridized carbons (Fsp3) is 0. The first-order valence-electron chi connectivity index (χ1n) is 5.42. The van der Waals surface area contributed by atoms with Crippen LogP contribution in [0.15, 0.2) is 36.7 Å². The van der Waals surface area contributed by atoms with E-state index < -0.39 is 34.6 Å². The van der Waals surface area contributed by atoms with E-state index in [0.717, 1.165) is 0 Å². The van der Waals surface area contributed by atoms with Crippen molar-refractivity contribution in [2.75, 3.05) is 5.32 Å². The Hall–Kier alpha value is -2.83. The molecule has 0 radical (unpaired) electrons. The Bertz CT molecular complexity index is 675. The number of carboxylic acid groups (broad SMARTS) is 1. The van der Waals surface area contributed by atoms with E-state index in [4.69, 9.17) is 5.11 Å². The smallest absolute Gasteiger partial charge is 0.336 e. The van der Waals surface area contributed by atoms with Crippen LogP contribution < -0.4 is 5.32 Å². The number of hydrogen-bond acceptors (Lipinski definition) is 3. The van der Waals surface area contributed by atoms with Gasteiger partial charge in [0.05, 0.1) is 23.0 Å². The van der Waals surface area contributed by atoms with Crippen LogP contribution in [0.1, 0.15) is 20.7 Å². The predicted molar refractivity (Wildman–Crippen MR) is 65.5 cm³/mol. The summed E-state index contributed by atoms with van der Waals surface area (Å²) in [7, 11) is 0. The van der Waals surface area contributed by atoms with Crippen molar-refractivity contribution in [1.82, 2.24) is 4.98 Å². The first-order chi connectivity index (χ1) is 9.49. The number of hydrogen-bond donors (Lipinski definition) is 2. The van der Waals surface area contributed by atoms with Crippen molar-refractivity contribution >= 4 is 17.6 Å². The van der Waals surface area contributed by atoms with Gasteiger partial charge in [-0.05, 0) is 24.3 Å². The van der Waals surface area contributed by atoms with Gasteiger partial charge >= 0.3 is 5.97 Å². The van der Waals surface area contributed by atoms with Gasteiger partial charge in [-0.15, -0.1) is 0 Å². The molecule has 1 aromatic carbocycles. The minimum Gasteiger partial charge on any atom is -0.478 e. The number of carbonyl (C=O) groups excluding carboxylic acids is 1. The number of amides is 1. The number of carboxylic acids is 1. The zero-order chi connectivity index (χ0) is 14.7. The maximum Gasteiger partial charge on any atom is 0.336 e. The number of nitrogens with one attached hydrogen (secondary N) is 1.